The molecule has 0 atom stereocenters. The smallest absolute Gasteiger partial charge is 0.331 e. The molecule has 0 radical (unpaired) electrons. The van der Waals surface area contributed by atoms with E-state index in [1.807, 2.05) is 6.92 Å². The highest BCUT2D eigenvalue weighted by molar-refractivity contribution is 5.81. The van der Waals surface area contributed by atoms with Crippen molar-refractivity contribution in [2.75, 3.05) is 6.54 Å². The van der Waals surface area contributed by atoms with Crippen LogP contribution >= 0.6 is 0 Å². The molecule has 8 nitrogen and oxygen atoms in total. The number of fused-ring (bicyclic) bond motifs is 1. The number of rotatable bonds is 11. The molecule has 180 valence electrons. The normalized spacial score (nSPS) is 14.3. The molecule has 2 aromatic rings. The molecule has 33 heavy (non-hydrogen) atoms. The van der Waals surface area contributed by atoms with Crippen molar-refractivity contribution >= 4 is 22.7 Å². The molecule has 2 amide bonds. The fourth-order valence-electron chi connectivity index (χ4n) is 4.43. The maximum absolute atomic E-state index is 13.1. The average Bonchev–Trinajstić information content (AvgIpc) is 2.82. The minimum atomic E-state index is -0.490. The topological polar surface area (TPSA) is 102 Å². The molecule has 3 rings (SSSR count). The van der Waals surface area contributed by atoms with E-state index >= 15 is 0 Å². The number of nitrogens with zero attached hydrogens (tertiary/aromatic N) is 2. The molecule has 0 aliphatic heterocycles. The van der Waals surface area contributed by atoms with Crippen molar-refractivity contribution in [3.05, 3.63) is 45.1 Å². The van der Waals surface area contributed by atoms with Crippen molar-refractivity contribution in [1.29, 1.82) is 0 Å². The minimum Gasteiger partial charge on any atom is -0.355 e. The van der Waals surface area contributed by atoms with Gasteiger partial charge in [0.1, 0.15) is 6.54 Å². The number of aromatic nitrogens is 2. The molecule has 1 heterocycles. The zero-order valence-electron chi connectivity index (χ0n) is 19.6. The lowest BCUT2D eigenvalue weighted by atomic mass is 9.95. The summed E-state index contributed by atoms with van der Waals surface area (Å²) in [6, 6.07) is 7.15. The fraction of sp³-hybridized carbons (Fsp3) is 0.600. The van der Waals surface area contributed by atoms with Crippen LogP contribution in [0.5, 0.6) is 0 Å². The molecule has 1 aliphatic rings. The van der Waals surface area contributed by atoms with Crippen LogP contribution in [0.15, 0.2) is 33.9 Å². The Balaban J connectivity index is 1.66. The Hall–Kier alpha value is -2.90. The lowest BCUT2D eigenvalue weighted by Gasteiger charge is -2.22. The fourth-order valence-corrected chi connectivity index (χ4v) is 4.43. The standard InChI is InChI=1S/C25H36N4O4/c1-2-3-16-26-23(31)18-29-21-14-8-7-13-20(21)24(32)28(25(29)33)17-10-9-15-22(30)27-19-11-5-4-6-12-19/h7-8,13-14,19H,2-6,9-12,15-18H2,1H3,(H,26,31)(H,27,30). The van der Waals surface area contributed by atoms with Gasteiger partial charge in [0.25, 0.3) is 5.56 Å². The van der Waals surface area contributed by atoms with Gasteiger partial charge in [0, 0.05) is 25.6 Å². The van der Waals surface area contributed by atoms with Gasteiger partial charge in [-0.25, -0.2) is 4.79 Å². The van der Waals surface area contributed by atoms with E-state index in [4.69, 9.17) is 0 Å². The second-order valence-corrected chi connectivity index (χ2v) is 8.91. The number of hydrogen-bond donors (Lipinski definition) is 2. The van der Waals surface area contributed by atoms with Gasteiger partial charge in [-0.15, -0.1) is 0 Å². The predicted octanol–water partition coefficient (Wildman–Crippen LogP) is 2.70. The average molecular weight is 457 g/mol. The zero-order valence-corrected chi connectivity index (χ0v) is 19.6. The number of hydrogen-bond acceptors (Lipinski definition) is 4. The molecular weight excluding hydrogens is 420 g/mol. The number of benzene rings is 1. The second-order valence-electron chi connectivity index (χ2n) is 8.91. The van der Waals surface area contributed by atoms with Gasteiger partial charge in [0.05, 0.1) is 10.9 Å². The molecule has 0 unspecified atom stereocenters. The molecular formula is C25H36N4O4. The summed E-state index contributed by atoms with van der Waals surface area (Å²) in [4.78, 5) is 50.7. The predicted molar refractivity (Wildman–Crippen MR) is 129 cm³/mol. The van der Waals surface area contributed by atoms with Crippen LogP contribution in [0, 0.1) is 0 Å². The van der Waals surface area contributed by atoms with Gasteiger partial charge in [0.2, 0.25) is 11.8 Å². The van der Waals surface area contributed by atoms with Crippen LogP contribution < -0.4 is 21.9 Å². The van der Waals surface area contributed by atoms with Gasteiger partial charge in [0.15, 0.2) is 0 Å². The first-order valence-corrected chi connectivity index (χ1v) is 12.3. The third kappa shape index (κ3) is 6.79. The molecule has 1 aromatic heterocycles. The van der Waals surface area contributed by atoms with E-state index in [1.54, 1.807) is 24.3 Å². The SMILES string of the molecule is CCCCNC(=O)Cn1c(=O)n(CCCCC(=O)NC2CCCCC2)c(=O)c2ccccc21. The highest BCUT2D eigenvalue weighted by Crippen LogP contribution is 2.17. The monoisotopic (exact) mass is 456 g/mol. The van der Waals surface area contributed by atoms with E-state index < -0.39 is 5.69 Å². The molecule has 8 heteroatoms. The largest absolute Gasteiger partial charge is 0.355 e. The maximum Gasteiger partial charge on any atom is 0.331 e. The summed E-state index contributed by atoms with van der Waals surface area (Å²) in [5.74, 6) is -0.214. The third-order valence-electron chi connectivity index (χ3n) is 6.29. The molecule has 1 aromatic carbocycles. The van der Waals surface area contributed by atoms with Crippen LogP contribution in [-0.2, 0) is 22.7 Å². The van der Waals surface area contributed by atoms with Crippen LogP contribution in [0.3, 0.4) is 0 Å². The minimum absolute atomic E-state index is 0.0360. The van der Waals surface area contributed by atoms with Crippen molar-refractivity contribution in [2.45, 2.75) is 90.3 Å². The van der Waals surface area contributed by atoms with Crippen LogP contribution in [0.25, 0.3) is 10.9 Å². The lowest BCUT2D eigenvalue weighted by molar-refractivity contribution is -0.122. The van der Waals surface area contributed by atoms with Crippen molar-refractivity contribution in [3.8, 4) is 0 Å². The van der Waals surface area contributed by atoms with E-state index in [0.29, 0.717) is 36.7 Å². The first kappa shape index (κ1) is 24.7. The summed E-state index contributed by atoms with van der Waals surface area (Å²) in [5.41, 5.74) is -0.387. The second kappa shape index (κ2) is 12.4. The van der Waals surface area contributed by atoms with Gasteiger partial charge in [-0.2, -0.15) is 0 Å². The van der Waals surface area contributed by atoms with Gasteiger partial charge in [-0.05, 0) is 44.2 Å². The summed E-state index contributed by atoms with van der Waals surface area (Å²) >= 11 is 0. The molecule has 1 saturated carbocycles. The first-order chi connectivity index (χ1) is 16.0. The summed E-state index contributed by atoms with van der Waals surface area (Å²) in [6.07, 6.45) is 9.01. The highest BCUT2D eigenvalue weighted by Gasteiger charge is 2.17. The summed E-state index contributed by atoms with van der Waals surface area (Å²) in [6.45, 7) is 2.69. The molecule has 0 spiro atoms. The van der Waals surface area contributed by atoms with Gasteiger partial charge in [-0.1, -0.05) is 44.7 Å². The Morgan fingerprint density at radius 3 is 2.48 bits per heavy atom. The van der Waals surface area contributed by atoms with Crippen molar-refractivity contribution < 1.29 is 9.59 Å². The molecule has 2 N–H and O–H groups in total. The zero-order chi connectivity index (χ0) is 23.6. The van der Waals surface area contributed by atoms with E-state index in [2.05, 4.69) is 10.6 Å². The van der Waals surface area contributed by atoms with Crippen LogP contribution in [0.4, 0.5) is 0 Å². The van der Waals surface area contributed by atoms with Crippen molar-refractivity contribution in [2.24, 2.45) is 0 Å². The number of nitrogens with one attached hydrogen (secondary N) is 2. The number of para-hydroxylation sites is 1. The Bertz CT molecular complexity index is 1070. The molecule has 0 bridgehead atoms. The van der Waals surface area contributed by atoms with Crippen LogP contribution in [-0.4, -0.2) is 33.5 Å². The third-order valence-corrected chi connectivity index (χ3v) is 6.29. The van der Waals surface area contributed by atoms with Crippen molar-refractivity contribution in [3.63, 3.8) is 0 Å². The van der Waals surface area contributed by atoms with Gasteiger partial charge in [-0.3, -0.25) is 23.5 Å². The quantitative estimate of drug-likeness (QED) is 0.508. The Kier molecular flexibility index (Phi) is 9.27. The number of carbonyl (C=O) groups excluding carboxylic acids is 2. The summed E-state index contributed by atoms with van der Waals surface area (Å²) < 4.78 is 2.56. The van der Waals surface area contributed by atoms with Crippen LogP contribution in [0.2, 0.25) is 0 Å². The summed E-state index contributed by atoms with van der Waals surface area (Å²) in [7, 11) is 0. The van der Waals surface area contributed by atoms with Gasteiger partial charge >= 0.3 is 5.69 Å². The molecule has 0 saturated heterocycles. The number of unbranched alkanes of at least 4 members (excludes halogenated alkanes) is 2. The number of carbonyl (C=O) groups is 2. The van der Waals surface area contributed by atoms with Crippen LogP contribution in [0.1, 0.15) is 71.1 Å². The Labute approximate surface area is 194 Å². The highest BCUT2D eigenvalue weighted by atomic mass is 16.2. The van der Waals surface area contributed by atoms with Crippen molar-refractivity contribution in [1.82, 2.24) is 19.8 Å². The van der Waals surface area contributed by atoms with E-state index in [1.165, 1.54) is 28.4 Å². The Morgan fingerprint density at radius 2 is 1.73 bits per heavy atom. The number of amides is 2. The summed E-state index contributed by atoms with van der Waals surface area (Å²) in [5, 5.41) is 6.33. The molecule has 1 fully saturated rings. The maximum atomic E-state index is 13.1. The van der Waals surface area contributed by atoms with E-state index in [9.17, 15) is 19.2 Å². The molecule has 1 aliphatic carbocycles. The van der Waals surface area contributed by atoms with E-state index in [-0.39, 0.29) is 36.5 Å². The first-order valence-electron chi connectivity index (χ1n) is 12.3. The van der Waals surface area contributed by atoms with E-state index in [0.717, 1.165) is 25.7 Å². The Morgan fingerprint density at radius 1 is 0.970 bits per heavy atom. The van der Waals surface area contributed by atoms with Gasteiger partial charge < -0.3 is 10.6 Å². The lowest BCUT2D eigenvalue weighted by Crippen LogP contribution is -2.42.